The van der Waals surface area contributed by atoms with E-state index in [4.69, 9.17) is 4.74 Å². The first-order valence-electron chi connectivity index (χ1n) is 10.9. The third-order valence-corrected chi connectivity index (χ3v) is 5.75. The van der Waals surface area contributed by atoms with Gasteiger partial charge in [-0.3, -0.25) is 4.79 Å². The zero-order chi connectivity index (χ0) is 24.2. The second-order valence-electron chi connectivity index (χ2n) is 9.19. The summed E-state index contributed by atoms with van der Waals surface area (Å²) in [5.41, 5.74) is 3.70. The van der Waals surface area contributed by atoms with Crippen molar-refractivity contribution in [2.45, 2.75) is 45.2 Å². The van der Waals surface area contributed by atoms with E-state index in [1.54, 1.807) is 20.8 Å². The second kappa shape index (κ2) is 9.90. The fraction of sp³-hybridized carbons (Fsp3) is 0.346. The molecule has 3 rings (SSSR count). The van der Waals surface area contributed by atoms with E-state index in [-0.39, 0.29) is 18.9 Å². The standard InChI is InChI=1S/C26H30N2O5/c1-5-10-21(23(29)28-22(24(30)31)26(2,3)4)27-25(32)33-15-20-18-13-8-6-11-16(18)17-12-7-9-14-19(17)20/h5-9,11-14,20-22H,1,10,15H2,2-4H3,(H,27,32)(H,28,29)(H,30,31)/t21?,22-/m0/s1. The minimum absolute atomic E-state index is 0.105. The number of fused-ring (bicyclic) bond motifs is 3. The van der Waals surface area contributed by atoms with Crippen LogP contribution < -0.4 is 10.6 Å². The summed E-state index contributed by atoms with van der Waals surface area (Å²) in [6, 6.07) is 13.9. The number of alkyl carbamates (subject to hydrolysis) is 1. The molecule has 0 heterocycles. The van der Waals surface area contributed by atoms with Gasteiger partial charge >= 0.3 is 12.1 Å². The summed E-state index contributed by atoms with van der Waals surface area (Å²) in [7, 11) is 0. The number of rotatable bonds is 8. The van der Waals surface area contributed by atoms with E-state index in [0.29, 0.717) is 0 Å². The fourth-order valence-corrected chi connectivity index (χ4v) is 4.07. The van der Waals surface area contributed by atoms with Crippen LogP contribution in [-0.4, -0.2) is 41.8 Å². The number of benzene rings is 2. The maximum Gasteiger partial charge on any atom is 0.407 e. The number of carboxylic acids is 1. The lowest BCUT2D eigenvalue weighted by Crippen LogP contribution is -2.55. The van der Waals surface area contributed by atoms with Crippen LogP contribution in [0.25, 0.3) is 11.1 Å². The van der Waals surface area contributed by atoms with Gasteiger partial charge in [0.15, 0.2) is 0 Å². The molecule has 2 amide bonds. The van der Waals surface area contributed by atoms with E-state index in [9.17, 15) is 19.5 Å². The molecule has 33 heavy (non-hydrogen) atoms. The molecule has 0 saturated heterocycles. The molecule has 174 valence electrons. The number of carbonyl (C=O) groups excluding carboxylic acids is 2. The van der Waals surface area contributed by atoms with E-state index in [1.807, 2.05) is 48.5 Å². The van der Waals surface area contributed by atoms with Crippen molar-refractivity contribution >= 4 is 18.0 Å². The lowest BCUT2D eigenvalue weighted by atomic mass is 9.86. The largest absolute Gasteiger partial charge is 0.480 e. The number of ether oxygens (including phenoxy) is 1. The molecule has 7 nitrogen and oxygen atoms in total. The van der Waals surface area contributed by atoms with Crippen LogP contribution >= 0.6 is 0 Å². The zero-order valence-electron chi connectivity index (χ0n) is 19.1. The predicted octanol–water partition coefficient (Wildman–Crippen LogP) is 4.09. The quantitative estimate of drug-likeness (QED) is 0.526. The highest BCUT2D eigenvalue weighted by atomic mass is 16.5. The highest BCUT2D eigenvalue weighted by Crippen LogP contribution is 2.44. The number of hydrogen-bond donors (Lipinski definition) is 3. The Labute approximate surface area is 193 Å². The van der Waals surface area contributed by atoms with Gasteiger partial charge in [-0.2, -0.15) is 0 Å². The topological polar surface area (TPSA) is 105 Å². The maximum atomic E-state index is 12.7. The molecule has 0 spiro atoms. The third kappa shape index (κ3) is 5.42. The molecule has 0 saturated carbocycles. The van der Waals surface area contributed by atoms with Gasteiger partial charge in [-0.15, -0.1) is 6.58 Å². The molecule has 2 aromatic rings. The molecule has 0 bridgehead atoms. The second-order valence-corrected chi connectivity index (χ2v) is 9.19. The summed E-state index contributed by atoms with van der Waals surface area (Å²) in [5, 5.41) is 14.5. The summed E-state index contributed by atoms with van der Waals surface area (Å²) in [5.74, 6) is -1.85. The number of nitrogens with one attached hydrogen (secondary N) is 2. The number of carbonyl (C=O) groups is 3. The van der Waals surface area contributed by atoms with Crippen LogP contribution in [0.15, 0.2) is 61.2 Å². The molecular formula is C26H30N2O5. The molecule has 0 fully saturated rings. The number of hydrogen-bond acceptors (Lipinski definition) is 4. The Morgan fingerprint density at radius 1 is 1.03 bits per heavy atom. The van der Waals surface area contributed by atoms with Gasteiger partial charge < -0.3 is 20.5 Å². The maximum absolute atomic E-state index is 12.7. The zero-order valence-corrected chi connectivity index (χ0v) is 19.1. The minimum Gasteiger partial charge on any atom is -0.480 e. The Balaban J connectivity index is 1.67. The summed E-state index contributed by atoms with van der Waals surface area (Å²) in [6.45, 7) is 8.88. The molecule has 1 unspecified atom stereocenters. The smallest absolute Gasteiger partial charge is 0.407 e. The van der Waals surface area contributed by atoms with Gasteiger partial charge in [0.2, 0.25) is 5.91 Å². The minimum atomic E-state index is -1.14. The van der Waals surface area contributed by atoms with Gasteiger partial charge in [-0.1, -0.05) is 75.4 Å². The molecule has 7 heteroatoms. The predicted molar refractivity (Wildman–Crippen MR) is 126 cm³/mol. The van der Waals surface area contributed by atoms with Crippen molar-refractivity contribution in [3.05, 3.63) is 72.3 Å². The number of carboxylic acid groups (broad SMARTS) is 1. The van der Waals surface area contributed by atoms with Crippen LogP contribution in [0, 0.1) is 5.41 Å². The number of aliphatic carboxylic acids is 1. The van der Waals surface area contributed by atoms with Crippen LogP contribution in [0.3, 0.4) is 0 Å². The van der Waals surface area contributed by atoms with Crippen LogP contribution in [-0.2, 0) is 14.3 Å². The molecule has 1 aliphatic rings. The normalized spacial score (nSPS) is 14.4. The Kier molecular flexibility index (Phi) is 7.21. The molecule has 1 aliphatic carbocycles. The van der Waals surface area contributed by atoms with E-state index in [1.165, 1.54) is 6.08 Å². The molecule has 0 aliphatic heterocycles. The molecule has 0 aromatic heterocycles. The lowest BCUT2D eigenvalue weighted by molar-refractivity contribution is -0.145. The van der Waals surface area contributed by atoms with E-state index in [0.717, 1.165) is 22.3 Å². The fourth-order valence-electron chi connectivity index (χ4n) is 4.07. The van der Waals surface area contributed by atoms with Gasteiger partial charge in [0.05, 0.1) is 0 Å². The summed E-state index contributed by atoms with van der Waals surface area (Å²) >= 11 is 0. The summed E-state index contributed by atoms with van der Waals surface area (Å²) < 4.78 is 5.51. The summed E-state index contributed by atoms with van der Waals surface area (Å²) in [6.07, 6.45) is 0.870. The van der Waals surface area contributed by atoms with Crippen LogP contribution in [0.5, 0.6) is 0 Å². The van der Waals surface area contributed by atoms with Crippen LogP contribution in [0.2, 0.25) is 0 Å². The Morgan fingerprint density at radius 3 is 2.06 bits per heavy atom. The first-order chi connectivity index (χ1) is 15.6. The van der Waals surface area contributed by atoms with Gasteiger partial charge in [-0.25, -0.2) is 9.59 Å². The highest BCUT2D eigenvalue weighted by Gasteiger charge is 2.35. The molecular weight excluding hydrogens is 420 g/mol. The monoisotopic (exact) mass is 450 g/mol. The van der Waals surface area contributed by atoms with Crippen LogP contribution in [0.4, 0.5) is 4.79 Å². The van der Waals surface area contributed by atoms with Crippen molar-refractivity contribution in [3.63, 3.8) is 0 Å². The van der Waals surface area contributed by atoms with Crippen molar-refractivity contribution in [3.8, 4) is 11.1 Å². The van der Waals surface area contributed by atoms with Gasteiger partial charge in [0, 0.05) is 5.92 Å². The number of amides is 2. The van der Waals surface area contributed by atoms with E-state index >= 15 is 0 Å². The van der Waals surface area contributed by atoms with Crippen molar-refractivity contribution in [1.29, 1.82) is 0 Å². The van der Waals surface area contributed by atoms with E-state index in [2.05, 4.69) is 17.2 Å². The summed E-state index contributed by atoms with van der Waals surface area (Å²) in [4.78, 5) is 36.9. The SMILES string of the molecule is C=CCC(NC(=O)OCC1c2ccccc2-c2ccccc21)C(=O)N[C@@H](C(=O)O)C(C)(C)C. The van der Waals surface area contributed by atoms with Crippen molar-refractivity contribution in [2.75, 3.05) is 6.61 Å². The Bertz CT molecular complexity index is 1010. The molecule has 0 radical (unpaired) electrons. The first kappa shape index (κ1) is 24.0. The highest BCUT2D eigenvalue weighted by molar-refractivity contribution is 5.89. The molecule has 2 atom stereocenters. The van der Waals surface area contributed by atoms with Crippen LogP contribution in [0.1, 0.15) is 44.2 Å². The van der Waals surface area contributed by atoms with Crippen molar-refractivity contribution in [2.24, 2.45) is 5.41 Å². The average Bonchev–Trinajstić information content (AvgIpc) is 3.08. The first-order valence-corrected chi connectivity index (χ1v) is 10.9. The molecule has 2 aromatic carbocycles. The molecule has 3 N–H and O–H groups in total. The average molecular weight is 451 g/mol. The van der Waals surface area contributed by atoms with Gasteiger partial charge in [0.1, 0.15) is 18.7 Å². The van der Waals surface area contributed by atoms with Gasteiger partial charge in [0.25, 0.3) is 0 Å². The Morgan fingerprint density at radius 2 is 1.58 bits per heavy atom. The van der Waals surface area contributed by atoms with Crippen molar-refractivity contribution < 1.29 is 24.2 Å². The van der Waals surface area contributed by atoms with E-state index < -0.39 is 35.5 Å². The third-order valence-electron chi connectivity index (χ3n) is 5.75. The lowest BCUT2D eigenvalue weighted by Gasteiger charge is -2.29. The van der Waals surface area contributed by atoms with Gasteiger partial charge in [-0.05, 0) is 34.1 Å². The van der Waals surface area contributed by atoms with Crippen molar-refractivity contribution in [1.82, 2.24) is 10.6 Å². The Hall–Kier alpha value is -3.61.